The number of nitrogens with zero attached hydrogens (tertiary/aromatic N) is 2. The van der Waals surface area contributed by atoms with Crippen molar-refractivity contribution in [2.75, 3.05) is 37.8 Å². The second kappa shape index (κ2) is 10.4. The summed E-state index contributed by atoms with van der Waals surface area (Å²) in [5, 5.41) is 2.88. The Balaban J connectivity index is 1.68. The quantitative estimate of drug-likeness (QED) is 0.656. The number of fused-ring (bicyclic) bond motifs is 1. The molecule has 2 aromatic carbocycles. The van der Waals surface area contributed by atoms with Gasteiger partial charge in [0, 0.05) is 25.0 Å². The average molecular weight is 428 g/mol. The van der Waals surface area contributed by atoms with Crippen LogP contribution in [0.3, 0.4) is 0 Å². The van der Waals surface area contributed by atoms with E-state index < -0.39 is 6.10 Å². The number of nitrogens with one attached hydrogen (secondary N) is 1. The van der Waals surface area contributed by atoms with Gasteiger partial charge in [-0.25, -0.2) is 0 Å². The molecule has 2 aromatic rings. The first-order valence-corrected chi connectivity index (χ1v) is 11.4. The molecule has 160 valence electrons. The van der Waals surface area contributed by atoms with Crippen molar-refractivity contribution < 1.29 is 14.3 Å². The van der Waals surface area contributed by atoms with Crippen molar-refractivity contribution in [3.63, 3.8) is 0 Å². The SMILES string of the molecule is CCCNC(=O)[C@H]1CN(CC(=O)N(C)Cc2ccc(SC)cc2)c2ccccc2O1. The van der Waals surface area contributed by atoms with Gasteiger partial charge in [-0.3, -0.25) is 9.59 Å². The summed E-state index contributed by atoms with van der Waals surface area (Å²) in [5.74, 6) is 0.475. The molecule has 0 aliphatic carbocycles. The molecule has 1 aliphatic rings. The molecule has 0 fully saturated rings. The van der Waals surface area contributed by atoms with E-state index >= 15 is 0 Å². The summed E-state index contributed by atoms with van der Waals surface area (Å²) in [5.41, 5.74) is 1.92. The van der Waals surface area contributed by atoms with E-state index in [1.165, 1.54) is 4.90 Å². The van der Waals surface area contributed by atoms with Gasteiger partial charge in [-0.1, -0.05) is 31.2 Å². The summed E-state index contributed by atoms with van der Waals surface area (Å²) in [6.07, 6.45) is 2.27. The largest absolute Gasteiger partial charge is 0.477 e. The van der Waals surface area contributed by atoms with Crippen LogP contribution in [0, 0.1) is 0 Å². The minimum absolute atomic E-state index is 0.00615. The van der Waals surface area contributed by atoms with Crippen LogP contribution in [-0.2, 0) is 16.1 Å². The zero-order valence-corrected chi connectivity index (χ0v) is 18.6. The topological polar surface area (TPSA) is 61.9 Å². The van der Waals surface area contributed by atoms with Crippen LogP contribution in [0.1, 0.15) is 18.9 Å². The molecule has 2 amide bonds. The van der Waals surface area contributed by atoms with Gasteiger partial charge in [-0.15, -0.1) is 11.8 Å². The summed E-state index contributed by atoms with van der Waals surface area (Å²) in [7, 11) is 1.81. The molecule has 0 bridgehead atoms. The third kappa shape index (κ3) is 5.48. The number of benzene rings is 2. The van der Waals surface area contributed by atoms with E-state index in [2.05, 4.69) is 17.4 Å². The lowest BCUT2D eigenvalue weighted by molar-refractivity contribution is -0.130. The highest BCUT2D eigenvalue weighted by Gasteiger charge is 2.31. The second-order valence-corrected chi connectivity index (χ2v) is 8.22. The number of carbonyl (C=O) groups excluding carboxylic acids is 2. The van der Waals surface area contributed by atoms with Crippen molar-refractivity contribution in [3.05, 3.63) is 54.1 Å². The summed E-state index contributed by atoms with van der Waals surface area (Å²) < 4.78 is 5.90. The second-order valence-electron chi connectivity index (χ2n) is 7.34. The molecule has 1 atom stereocenters. The van der Waals surface area contributed by atoms with Gasteiger partial charge in [0.25, 0.3) is 5.91 Å². The Morgan fingerprint density at radius 2 is 1.93 bits per heavy atom. The van der Waals surface area contributed by atoms with E-state index in [0.29, 0.717) is 25.4 Å². The van der Waals surface area contributed by atoms with E-state index in [-0.39, 0.29) is 18.4 Å². The lowest BCUT2D eigenvalue weighted by Gasteiger charge is -2.36. The van der Waals surface area contributed by atoms with Crippen LogP contribution in [-0.4, -0.2) is 55.8 Å². The van der Waals surface area contributed by atoms with Crippen molar-refractivity contribution >= 4 is 29.3 Å². The zero-order valence-electron chi connectivity index (χ0n) is 17.8. The van der Waals surface area contributed by atoms with Crippen LogP contribution in [0.2, 0.25) is 0 Å². The normalized spacial score (nSPS) is 15.2. The Morgan fingerprint density at radius 1 is 1.20 bits per heavy atom. The maximum absolute atomic E-state index is 12.9. The number of hydrogen-bond acceptors (Lipinski definition) is 5. The summed E-state index contributed by atoms with van der Waals surface area (Å²) >= 11 is 1.70. The van der Waals surface area contributed by atoms with Gasteiger partial charge >= 0.3 is 0 Å². The van der Waals surface area contributed by atoms with Crippen LogP contribution in [0.5, 0.6) is 5.75 Å². The molecule has 0 saturated heterocycles. The predicted molar refractivity (Wildman–Crippen MR) is 121 cm³/mol. The van der Waals surface area contributed by atoms with Gasteiger partial charge in [0.2, 0.25) is 5.91 Å². The number of anilines is 1. The van der Waals surface area contributed by atoms with E-state index in [4.69, 9.17) is 4.74 Å². The molecule has 0 spiro atoms. The molecule has 6 nitrogen and oxygen atoms in total. The molecule has 3 rings (SSSR count). The molecule has 0 radical (unpaired) electrons. The maximum atomic E-state index is 12.9. The highest BCUT2D eigenvalue weighted by atomic mass is 32.2. The molecule has 1 N–H and O–H groups in total. The lowest BCUT2D eigenvalue weighted by atomic mass is 10.1. The van der Waals surface area contributed by atoms with Gasteiger partial charge in [-0.2, -0.15) is 0 Å². The number of rotatable bonds is 8. The molecule has 1 heterocycles. The van der Waals surface area contributed by atoms with E-state index in [9.17, 15) is 9.59 Å². The first-order chi connectivity index (χ1) is 14.5. The molecule has 7 heteroatoms. The van der Waals surface area contributed by atoms with Crippen LogP contribution in [0.25, 0.3) is 0 Å². The fourth-order valence-corrected chi connectivity index (χ4v) is 3.74. The Labute approximate surface area is 182 Å². The van der Waals surface area contributed by atoms with Crippen molar-refractivity contribution in [1.82, 2.24) is 10.2 Å². The number of likely N-dealkylation sites (N-methyl/N-ethyl adjacent to an activating group) is 1. The first-order valence-electron chi connectivity index (χ1n) is 10.2. The third-order valence-electron chi connectivity index (χ3n) is 5.03. The van der Waals surface area contributed by atoms with Crippen LogP contribution in [0.4, 0.5) is 5.69 Å². The standard InChI is InChI=1S/C23H29N3O3S/c1-4-13-24-23(28)21-15-26(19-7-5-6-8-20(19)29-21)16-22(27)25(2)14-17-9-11-18(30-3)12-10-17/h5-12,21H,4,13-16H2,1-3H3,(H,24,28)/t21-/m1/s1. The van der Waals surface area contributed by atoms with E-state index in [1.807, 2.05) is 61.5 Å². The zero-order chi connectivity index (χ0) is 21.5. The maximum Gasteiger partial charge on any atom is 0.262 e. The Kier molecular flexibility index (Phi) is 7.63. The van der Waals surface area contributed by atoms with Crippen LogP contribution >= 0.6 is 11.8 Å². The number of ether oxygens (including phenoxy) is 1. The minimum Gasteiger partial charge on any atom is -0.477 e. The third-order valence-corrected chi connectivity index (χ3v) is 5.78. The van der Waals surface area contributed by atoms with Gasteiger partial charge < -0.3 is 19.9 Å². The van der Waals surface area contributed by atoms with Gasteiger partial charge in [0.1, 0.15) is 5.75 Å². The number of thioether (sulfide) groups is 1. The van der Waals surface area contributed by atoms with Gasteiger partial charge in [-0.05, 0) is 42.5 Å². The fourth-order valence-electron chi connectivity index (χ4n) is 3.33. The van der Waals surface area contributed by atoms with Crippen molar-refractivity contribution in [2.24, 2.45) is 0 Å². The number of amides is 2. The molecular formula is C23H29N3O3S. The van der Waals surface area contributed by atoms with Crippen LogP contribution < -0.4 is 15.0 Å². The van der Waals surface area contributed by atoms with Crippen LogP contribution in [0.15, 0.2) is 53.4 Å². The summed E-state index contributed by atoms with van der Waals surface area (Å²) in [4.78, 5) is 30.3. The molecule has 1 aliphatic heterocycles. The van der Waals surface area contributed by atoms with Crippen molar-refractivity contribution in [3.8, 4) is 5.75 Å². The lowest BCUT2D eigenvalue weighted by Crippen LogP contribution is -2.51. The first kappa shape index (κ1) is 22.0. The smallest absolute Gasteiger partial charge is 0.262 e. The summed E-state index contributed by atoms with van der Waals surface area (Å²) in [6, 6.07) is 15.8. The number of carbonyl (C=O) groups is 2. The van der Waals surface area contributed by atoms with Gasteiger partial charge in [0.15, 0.2) is 6.10 Å². The molecule has 0 aromatic heterocycles. The fraction of sp³-hybridized carbons (Fsp3) is 0.391. The number of para-hydroxylation sites is 2. The van der Waals surface area contributed by atoms with E-state index in [1.54, 1.807) is 16.7 Å². The molecule has 30 heavy (non-hydrogen) atoms. The summed E-state index contributed by atoms with van der Waals surface area (Å²) in [6.45, 7) is 3.69. The monoisotopic (exact) mass is 427 g/mol. The Bertz CT molecular complexity index is 872. The van der Waals surface area contributed by atoms with Crippen molar-refractivity contribution in [1.29, 1.82) is 0 Å². The Morgan fingerprint density at radius 3 is 2.63 bits per heavy atom. The average Bonchev–Trinajstić information content (AvgIpc) is 2.77. The molecule has 0 saturated carbocycles. The highest BCUT2D eigenvalue weighted by Crippen LogP contribution is 2.33. The predicted octanol–water partition coefficient (Wildman–Crippen LogP) is 3.16. The molecule has 0 unspecified atom stereocenters. The van der Waals surface area contributed by atoms with Gasteiger partial charge in [0.05, 0.1) is 18.8 Å². The number of hydrogen-bond donors (Lipinski definition) is 1. The van der Waals surface area contributed by atoms with Crippen molar-refractivity contribution in [2.45, 2.75) is 30.9 Å². The minimum atomic E-state index is -0.636. The molecular weight excluding hydrogens is 398 g/mol. The highest BCUT2D eigenvalue weighted by molar-refractivity contribution is 7.98. The Hall–Kier alpha value is -2.67. The van der Waals surface area contributed by atoms with E-state index in [0.717, 1.165) is 17.7 Å².